The molecule has 3 amide bonds. The van der Waals surface area contributed by atoms with E-state index in [0.717, 1.165) is 25.0 Å². The number of carbonyl (C=O) groups is 2. The summed E-state index contributed by atoms with van der Waals surface area (Å²) in [6.45, 7) is 9.17. The number of unbranched alkanes of at least 4 members (excludes halogenated alkanes) is 1. The third-order valence-electron chi connectivity index (χ3n) is 4.35. The van der Waals surface area contributed by atoms with Crippen LogP contribution < -0.4 is 10.1 Å². The summed E-state index contributed by atoms with van der Waals surface area (Å²) in [6, 6.07) is 7.39. The molecule has 2 rings (SSSR count). The molecule has 0 spiro atoms. The minimum atomic E-state index is -0.0529. The van der Waals surface area contributed by atoms with E-state index < -0.39 is 0 Å². The second-order valence-electron chi connectivity index (χ2n) is 6.96. The maximum Gasteiger partial charge on any atom is 0.317 e. The Bertz CT molecular complexity index is 586. The normalized spacial score (nSPS) is 14.9. The highest BCUT2D eigenvalue weighted by molar-refractivity contribution is 5.94. The van der Waals surface area contributed by atoms with Crippen LogP contribution in [-0.4, -0.2) is 60.6 Å². The van der Waals surface area contributed by atoms with Crippen molar-refractivity contribution in [3.63, 3.8) is 0 Å². The molecular weight excluding hydrogens is 330 g/mol. The first kappa shape index (κ1) is 20.1. The highest BCUT2D eigenvalue weighted by Crippen LogP contribution is 2.15. The Labute approximate surface area is 156 Å². The lowest BCUT2D eigenvalue weighted by atomic mass is 10.2. The average molecular weight is 361 g/mol. The molecule has 0 atom stereocenters. The SMILES string of the molecule is CCCCOc1ccc(C(=O)N2CCCN(C(=O)NC(C)C)CC2)cc1. The van der Waals surface area contributed by atoms with Gasteiger partial charge in [-0.25, -0.2) is 4.79 Å². The van der Waals surface area contributed by atoms with Gasteiger partial charge in [-0.1, -0.05) is 13.3 Å². The number of urea groups is 1. The minimum absolute atomic E-state index is 0.0104. The van der Waals surface area contributed by atoms with Crippen molar-refractivity contribution in [3.8, 4) is 5.75 Å². The molecule has 1 aliphatic rings. The third-order valence-corrected chi connectivity index (χ3v) is 4.35. The van der Waals surface area contributed by atoms with Crippen LogP contribution in [0.1, 0.15) is 50.4 Å². The number of benzene rings is 1. The summed E-state index contributed by atoms with van der Waals surface area (Å²) in [5, 5.41) is 2.91. The number of nitrogens with one attached hydrogen (secondary N) is 1. The number of hydrogen-bond donors (Lipinski definition) is 1. The monoisotopic (exact) mass is 361 g/mol. The predicted octanol–water partition coefficient (Wildman–Crippen LogP) is 3.13. The van der Waals surface area contributed by atoms with Gasteiger partial charge in [-0.3, -0.25) is 4.79 Å². The van der Waals surface area contributed by atoms with Gasteiger partial charge in [-0.15, -0.1) is 0 Å². The van der Waals surface area contributed by atoms with Gasteiger partial charge in [-0.2, -0.15) is 0 Å². The molecule has 0 aliphatic carbocycles. The largest absolute Gasteiger partial charge is 0.494 e. The van der Waals surface area contributed by atoms with E-state index in [0.29, 0.717) is 38.3 Å². The summed E-state index contributed by atoms with van der Waals surface area (Å²) >= 11 is 0. The topological polar surface area (TPSA) is 61.9 Å². The molecule has 1 aromatic carbocycles. The summed E-state index contributed by atoms with van der Waals surface area (Å²) in [5.74, 6) is 0.804. The molecule has 144 valence electrons. The van der Waals surface area contributed by atoms with Crippen LogP contribution in [0.15, 0.2) is 24.3 Å². The predicted molar refractivity (Wildman–Crippen MR) is 103 cm³/mol. The van der Waals surface area contributed by atoms with Gasteiger partial charge in [-0.05, 0) is 51.0 Å². The Kier molecular flexibility index (Phi) is 7.75. The van der Waals surface area contributed by atoms with Gasteiger partial charge in [0.05, 0.1) is 6.61 Å². The van der Waals surface area contributed by atoms with Crippen LogP contribution in [-0.2, 0) is 0 Å². The van der Waals surface area contributed by atoms with Crippen LogP contribution in [0.3, 0.4) is 0 Å². The molecule has 0 bridgehead atoms. The summed E-state index contributed by atoms with van der Waals surface area (Å²) in [5.41, 5.74) is 0.660. The highest BCUT2D eigenvalue weighted by atomic mass is 16.5. The molecule has 26 heavy (non-hydrogen) atoms. The number of rotatable bonds is 6. The van der Waals surface area contributed by atoms with Crippen molar-refractivity contribution >= 4 is 11.9 Å². The van der Waals surface area contributed by atoms with Crippen molar-refractivity contribution in [1.29, 1.82) is 0 Å². The van der Waals surface area contributed by atoms with Crippen molar-refractivity contribution in [2.75, 3.05) is 32.8 Å². The standard InChI is InChI=1S/C20H31N3O3/c1-4-5-15-26-18-9-7-17(8-10-18)19(24)22-11-6-12-23(14-13-22)20(25)21-16(2)3/h7-10,16H,4-6,11-15H2,1-3H3,(H,21,25). The van der Waals surface area contributed by atoms with Crippen molar-refractivity contribution in [3.05, 3.63) is 29.8 Å². The van der Waals surface area contributed by atoms with Crippen LogP contribution >= 0.6 is 0 Å². The number of nitrogens with zero attached hydrogens (tertiary/aromatic N) is 2. The second kappa shape index (κ2) is 10.0. The Balaban J connectivity index is 1.90. The first-order valence-corrected chi connectivity index (χ1v) is 9.59. The molecule has 1 heterocycles. The van der Waals surface area contributed by atoms with Crippen LogP contribution in [0.2, 0.25) is 0 Å². The highest BCUT2D eigenvalue weighted by Gasteiger charge is 2.23. The molecule has 1 N–H and O–H groups in total. The molecule has 1 fully saturated rings. The van der Waals surface area contributed by atoms with Crippen molar-refractivity contribution < 1.29 is 14.3 Å². The Morgan fingerprint density at radius 1 is 1.08 bits per heavy atom. The van der Waals surface area contributed by atoms with Crippen molar-refractivity contribution in [2.45, 2.75) is 46.1 Å². The van der Waals surface area contributed by atoms with Gasteiger partial charge in [0.2, 0.25) is 0 Å². The summed E-state index contributed by atoms with van der Waals surface area (Å²) < 4.78 is 5.64. The zero-order valence-corrected chi connectivity index (χ0v) is 16.2. The maximum absolute atomic E-state index is 12.7. The van der Waals surface area contributed by atoms with E-state index in [1.54, 1.807) is 4.90 Å². The number of hydrogen-bond acceptors (Lipinski definition) is 3. The Morgan fingerprint density at radius 2 is 1.73 bits per heavy atom. The fourth-order valence-corrected chi connectivity index (χ4v) is 2.87. The lowest BCUT2D eigenvalue weighted by Crippen LogP contribution is -2.44. The Morgan fingerprint density at radius 3 is 2.38 bits per heavy atom. The van der Waals surface area contributed by atoms with Crippen LogP contribution in [0.25, 0.3) is 0 Å². The van der Waals surface area contributed by atoms with Gasteiger partial charge in [0.25, 0.3) is 5.91 Å². The number of ether oxygens (including phenoxy) is 1. The van der Waals surface area contributed by atoms with Gasteiger partial charge >= 0.3 is 6.03 Å². The van der Waals surface area contributed by atoms with Crippen molar-refractivity contribution in [1.82, 2.24) is 15.1 Å². The number of amides is 3. The fourth-order valence-electron chi connectivity index (χ4n) is 2.87. The second-order valence-corrected chi connectivity index (χ2v) is 6.96. The smallest absolute Gasteiger partial charge is 0.317 e. The summed E-state index contributed by atoms with van der Waals surface area (Å²) in [6.07, 6.45) is 2.91. The van der Waals surface area contributed by atoms with E-state index in [9.17, 15) is 9.59 Å². The molecule has 6 nitrogen and oxygen atoms in total. The molecule has 6 heteroatoms. The summed E-state index contributed by atoms with van der Waals surface area (Å²) in [4.78, 5) is 28.5. The first-order chi connectivity index (χ1) is 12.5. The quantitative estimate of drug-likeness (QED) is 0.792. The molecule has 0 unspecified atom stereocenters. The lowest BCUT2D eigenvalue weighted by Gasteiger charge is -2.23. The molecule has 1 saturated heterocycles. The van der Waals surface area contributed by atoms with E-state index in [-0.39, 0.29) is 18.0 Å². The third kappa shape index (κ3) is 5.93. The van der Waals surface area contributed by atoms with E-state index >= 15 is 0 Å². The molecule has 1 aromatic rings. The summed E-state index contributed by atoms with van der Waals surface area (Å²) in [7, 11) is 0. The van der Waals surface area contributed by atoms with Crippen LogP contribution in [0.4, 0.5) is 4.79 Å². The maximum atomic E-state index is 12.7. The molecular formula is C20H31N3O3. The van der Waals surface area contributed by atoms with E-state index in [1.807, 2.05) is 43.0 Å². The van der Waals surface area contributed by atoms with Crippen LogP contribution in [0, 0.1) is 0 Å². The Hall–Kier alpha value is -2.24. The van der Waals surface area contributed by atoms with E-state index in [1.165, 1.54) is 0 Å². The first-order valence-electron chi connectivity index (χ1n) is 9.59. The van der Waals surface area contributed by atoms with Gasteiger partial charge in [0, 0.05) is 37.8 Å². The lowest BCUT2D eigenvalue weighted by molar-refractivity contribution is 0.0762. The van der Waals surface area contributed by atoms with E-state index in [4.69, 9.17) is 4.74 Å². The van der Waals surface area contributed by atoms with Gasteiger partial charge in [0.1, 0.15) is 5.75 Å². The zero-order chi connectivity index (χ0) is 18.9. The van der Waals surface area contributed by atoms with Crippen LogP contribution in [0.5, 0.6) is 5.75 Å². The van der Waals surface area contributed by atoms with E-state index in [2.05, 4.69) is 12.2 Å². The van der Waals surface area contributed by atoms with Gasteiger partial charge in [0.15, 0.2) is 0 Å². The average Bonchev–Trinajstić information content (AvgIpc) is 2.87. The minimum Gasteiger partial charge on any atom is -0.494 e. The number of carbonyl (C=O) groups excluding carboxylic acids is 2. The fraction of sp³-hybridized carbons (Fsp3) is 0.600. The zero-order valence-electron chi connectivity index (χ0n) is 16.2. The van der Waals surface area contributed by atoms with Crippen molar-refractivity contribution in [2.24, 2.45) is 0 Å². The molecule has 1 aliphatic heterocycles. The molecule has 0 aromatic heterocycles. The molecule has 0 saturated carbocycles. The molecule has 0 radical (unpaired) electrons. The van der Waals surface area contributed by atoms with Gasteiger partial charge < -0.3 is 19.9 Å².